The summed E-state index contributed by atoms with van der Waals surface area (Å²) in [6.07, 6.45) is 3.44. The zero-order valence-electron chi connectivity index (χ0n) is 15.0. The molecular weight excluding hydrogens is 406 g/mol. The highest BCUT2D eigenvalue weighted by molar-refractivity contribution is 7.89. The van der Waals surface area contributed by atoms with Gasteiger partial charge in [-0.15, -0.1) is 0 Å². The molecule has 2 atom stereocenters. The lowest BCUT2D eigenvalue weighted by atomic mass is 9.86. The summed E-state index contributed by atoms with van der Waals surface area (Å²) < 4.78 is 39.2. The molecule has 3 heterocycles. The monoisotopic (exact) mass is 425 g/mol. The summed E-state index contributed by atoms with van der Waals surface area (Å²) in [6.45, 7) is 1.04. The molecule has 1 amide bonds. The molecule has 2 fully saturated rings. The Morgan fingerprint density at radius 1 is 1.32 bits per heavy atom. The zero-order chi connectivity index (χ0) is 19.9. The van der Waals surface area contributed by atoms with Crippen molar-refractivity contribution in [3.63, 3.8) is 0 Å². The number of primary amides is 1. The van der Waals surface area contributed by atoms with Crippen LogP contribution in [-0.2, 0) is 24.3 Å². The van der Waals surface area contributed by atoms with E-state index in [2.05, 4.69) is 4.98 Å². The maximum Gasteiger partial charge on any atom is 0.252 e. The van der Waals surface area contributed by atoms with Crippen LogP contribution in [0.15, 0.2) is 35.5 Å². The molecule has 8 nitrogen and oxygen atoms in total. The Hall–Kier alpha value is -1.78. The molecule has 2 saturated heterocycles. The molecule has 1 unspecified atom stereocenters. The summed E-state index contributed by atoms with van der Waals surface area (Å²) >= 11 is 6.25. The lowest BCUT2D eigenvalue weighted by Crippen LogP contribution is -2.58. The van der Waals surface area contributed by atoms with Crippen molar-refractivity contribution < 1.29 is 22.7 Å². The van der Waals surface area contributed by atoms with Crippen LogP contribution in [0, 0.1) is 5.92 Å². The average Bonchev–Trinajstić information content (AvgIpc) is 3.20. The van der Waals surface area contributed by atoms with Crippen molar-refractivity contribution in [2.75, 3.05) is 32.9 Å². The van der Waals surface area contributed by atoms with E-state index in [1.807, 2.05) is 0 Å². The van der Waals surface area contributed by atoms with Gasteiger partial charge in [0.25, 0.3) is 5.91 Å². The average molecular weight is 426 g/mol. The lowest BCUT2D eigenvalue weighted by molar-refractivity contribution is -0.189. The van der Waals surface area contributed by atoms with E-state index in [0.717, 1.165) is 0 Å². The van der Waals surface area contributed by atoms with Crippen LogP contribution in [0.3, 0.4) is 0 Å². The number of carbonyl (C=O) groups excluding carboxylic acids is 1. The number of hydrogen-bond acceptors (Lipinski definition) is 6. The van der Waals surface area contributed by atoms with E-state index in [-0.39, 0.29) is 42.1 Å². The van der Waals surface area contributed by atoms with Crippen molar-refractivity contribution in [1.29, 1.82) is 0 Å². The van der Waals surface area contributed by atoms with Crippen LogP contribution in [0.4, 0.5) is 0 Å². The molecule has 2 aliphatic heterocycles. The Labute approximate surface area is 167 Å². The van der Waals surface area contributed by atoms with Crippen molar-refractivity contribution in [1.82, 2.24) is 9.29 Å². The van der Waals surface area contributed by atoms with Crippen LogP contribution in [0.25, 0.3) is 10.8 Å². The number of sulfonamides is 1. The second-order valence-corrected chi connectivity index (χ2v) is 9.29. The SMILES string of the molecule is NC(=O)C1([C@H]2CCN(S(=O)(=O)c3cccc4cncc(Cl)c34)C2)COCCO1. The number of rotatable bonds is 4. The van der Waals surface area contributed by atoms with Gasteiger partial charge in [-0.3, -0.25) is 9.78 Å². The highest BCUT2D eigenvalue weighted by Crippen LogP contribution is 2.37. The number of benzene rings is 1. The van der Waals surface area contributed by atoms with Gasteiger partial charge >= 0.3 is 0 Å². The summed E-state index contributed by atoms with van der Waals surface area (Å²) in [5, 5.41) is 1.34. The van der Waals surface area contributed by atoms with Crippen LogP contribution in [0.2, 0.25) is 5.02 Å². The minimum absolute atomic E-state index is 0.0344. The van der Waals surface area contributed by atoms with Gasteiger partial charge in [0, 0.05) is 42.2 Å². The smallest absolute Gasteiger partial charge is 0.252 e. The van der Waals surface area contributed by atoms with Crippen molar-refractivity contribution in [2.45, 2.75) is 16.9 Å². The molecule has 0 spiro atoms. The van der Waals surface area contributed by atoms with Gasteiger partial charge in [-0.2, -0.15) is 4.31 Å². The number of fused-ring (bicyclic) bond motifs is 1. The Bertz CT molecular complexity index is 1020. The number of ether oxygens (including phenoxy) is 2. The molecule has 2 aromatic rings. The first-order valence-corrected chi connectivity index (χ1v) is 10.7. The fraction of sp³-hybridized carbons (Fsp3) is 0.444. The second-order valence-electron chi connectivity index (χ2n) is 6.98. The number of hydrogen-bond donors (Lipinski definition) is 1. The van der Waals surface area contributed by atoms with Gasteiger partial charge in [0.1, 0.15) is 0 Å². The molecule has 1 aromatic carbocycles. The van der Waals surface area contributed by atoms with Crippen molar-refractivity contribution >= 4 is 38.3 Å². The first-order chi connectivity index (χ1) is 13.4. The van der Waals surface area contributed by atoms with E-state index >= 15 is 0 Å². The van der Waals surface area contributed by atoms with E-state index in [1.165, 1.54) is 16.6 Å². The van der Waals surface area contributed by atoms with Crippen molar-refractivity contribution in [3.05, 3.63) is 35.6 Å². The predicted octanol–water partition coefficient (Wildman–Crippen LogP) is 1.17. The molecule has 2 aliphatic rings. The van der Waals surface area contributed by atoms with E-state index in [0.29, 0.717) is 23.8 Å². The minimum Gasteiger partial charge on any atom is -0.375 e. The Morgan fingerprint density at radius 3 is 2.86 bits per heavy atom. The zero-order valence-corrected chi connectivity index (χ0v) is 16.6. The van der Waals surface area contributed by atoms with Crippen LogP contribution in [-0.4, -0.2) is 62.1 Å². The van der Waals surface area contributed by atoms with Crippen LogP contribution >= 0.6 is 11.6 Å². The number of nitrogens with zero attached hydrogens (tertiary/aromatic N) is 2. The third kappa shape index (κ3) is 3.07. The highest BCUT2D eigenvalue weighted by Gasteiger charge is 2.51. The van der Waals surface area contributed by atoms with Crippen molar-refractivity contribution in [3.8, 4) is 0 Å². The molecule has 10 heteroatoms. The number of amides is 1. The number of pyridine rings is 1. The highest BCUT2D eigenvalue weighted by atomic mass is 35.5. The fourth-order valence-electron chi connectivity index (χ4n) is 3.97. The minimum atomic E-state index is -3.84. The van der Waals surface area contributed by atoms with Gasteiger partial charge in [0.2, 0.25) is 10.0 Å². The van der Waals surface area contributed by atoms with Gasteiger partial charge in [0.05, 0.1) is 29.7 Å². The molecular formula is C18H20ClN3O5S. The van der Waals surface area contributed by atoms with Crippen LogP contribution in [0.5, 0.6) is 0 Å². The lowest BCUT2D eigenvalue weighted by Gasteiger charge is -2.38. The molecule has 2 N–H and O–H groups in total. The number of halogens is 1. The maximum atomic E-state index is 13.4. The van der Waals surface area contributed by atoms with E-state index in [9.17, 15) is 13.2 Å². The van der Waals surface area contributed by atoms with Gasteiger partial charge in [-0.1, -0.05) is 23.7 Å². The normalized spacial score (nSPS) is 26.5. The molecule has 0 saturated carbocycles. The van der Waals surface area contributed by atoms with E-state index in [4.69, 9.17) is 26.8 Å². The topological polar surface area (TPSA) is 112 Å². The Balaban J connectivity index is 1.68. The molecule has 0 aliphatic carbocycles. The van der Waals surface area contributed by atoms with Gasteiger partial charge in [-0.25, -0.2) is 8.42 Å². The van der Waals surface area contributed by atoms with Crippen LogP contribution < -0.4 is 5.73 Å². The summed E-state index contributed by atoms with van der Waals surface area (Å²) in [5.74, 6) is -1.01. The molecule has 0 bridgehead atoms. The van der Waals surface area contributed by atoms with Crippen molar-refractivity contribution in [2.24, 2.45) is 11.7 Å². The Kier molecular flexibility index (Phi) is 5.05. The standard InChI is InChI=1S/C18H20ClN3O5S/c19-14-9-21-8-12-2-1-3-15(16(12)14)28(24,25)22-5-4-13(10-22)18(17(20)23)11-26-6-7-27-18/h1-3,8-9,13H,4-7,10-11H2,(H2,20,23)/t13-,18?/m0/s1. The second kappa shape index (κ2) is 7.23. The fourth-order valence-corrected chi connectivity index (χ4v) is 6.03. The van der Waals surface area contributed by atoms with E-state index in [1.54, 1.807) is 18.3 Å². The number of carbonyl (C=O) groups is 1. The predicted molar refractivity (Wildman–Crippen MR) is 102 cm³/mol. The molecule has 4 rings (SSSR count). The van der Waals surface area contributed by atoms with Gasteiger partial charge in [-0.05, 0) is 12.5 Å². The number of aromatic nitrogens is 1. The third-order valence-corrected chi connectivity index (χ3v) is 7.64. The maximum absolute atomic E-state index is 13.4. The summed E-state index contributed by atoms with van der Waals surface area (Å²) in [6, 6.07) is 4.94. The molecule has 150 valence electrons. The van der Waals surface area contributed by atoms with E-state index < -0.39 is 21.5 Å². The quantitative estimate of drug-likeness (QED) is 0.786. The molecule has 1 aromatic heterocycles. The summed E-state index contributed by atoms with van der Waals surface area (Å²) in [5.41, 5.74) is 4.30. The molecule has 0 radical (unpaired) electrons. The molecule has 28 heavy (non-hydrogen) atoms. The first-order valence-electron chi connectivity index (χ1n) is 8.90. The Morgan fingerprint density at radius 2 is 2.14 bits per heavy atom. The third-order valence-electron chi connectivity index (χ3n) is 5.45. The summed E-state index contributed by atoms with van der Waals surface area (Å²) in [4.78, 5) is 16.3. The van der Waals surface area contributed by atoms with Crippen LogP contribution in [0.1, 0.15) is 6.42 Å². The first kappa shape index (κ1) is 19.5. The largest absolute Gasteiger partial charge is 0.375 e. The van der Waals surface area contributed by atoms with Gasteiger partial charge in [0.15, 0.2) is 5.60 Å². The summed E-state index contributed by atoms with van der Waals surface area (Å²) in [7, 11) is -3.84. The number of nitrogens with two attached hydrogens (primary N) is 1. The van der Waals surface area contributed by atoms with Gasteiger partial charge < -0.3 is 15.2 Å².